The third kappa shape index (κ3) is 3.94. The number of rotatable bonds is 5. The summed E-state index contributed by atoms with van der Waals surface area (Å²) in [5, 5.41) is 8.84. The van der Waals surface area contributed by atoms with E-state index in [0.717, 1.165) is 0 Å². The molecule has 1 amide bonds. The van der Waals surface area contributed by atoms with Crippen molar-refractivity contribution in [1.82, 2.24) is 9.47 Å². The lowest BCUT2D eigenvalue weighted by molar-refractivity contribution is -0.137. The van der Waals surface area contributed by atoms with Crippen molar-refractivity contribution < 1.29 is 14.7 Å². The zero-order chi connectivity index (χ0) is 14.6. The number of carbonyl (C=O) groups is 2. The number of aliphatic carboxylic acids is 1. The number of aromatic nitrogens is 1. The predicted molar refractivity (Wildman–Crippen MR) is 70.1 cm³/mol. The van der Waals surface area contributed by atoms with Crippen LogP contribution in [-0.2, 0) is 11.8 Å². The largest absolute Gasteiger partial charge is 0.480 e. The maximum atomic E-state index is 12.2. The average Bonchev–Trinajstić information content (AvgIpc) is 2.30. The van der Waals surface area contributed by atoms with E-state index >= 15 is 0 Å². The van der Waals surface area contributed by atoms with Gasteiger partial charge in [0.25, 0.3) is 11.5 Å². The molecule has 1 aromatic rings. The van der Waals surface area contributed by atoms with Crippen LogP contribution in [0.5, 0.6) is 0 Å². The second-order valence-corrected chi connectivity index (χ2v) is 4.81. The van der Waals surface area contributed by atoms with Gasteiger partial charge in [-0.15, -0.1) is 0 Å². The molecule has 6 heteroatoms. The molecular weight excluding hydrogens is 248 g/mol. The van der Waals surface area contributed by atoms with E-state index < -0.39 is 24.0 Å². The Kier molecular flexibility index (Phi) is 4.86. The highest BCUT2D eigenvalue weighted by atomic mass is 16.4. The molecule has 19 heavy (non-hydrogen) atoms. The topological polar surface area (TPSA) is 79.6 Å². The second kappa shape index (κ2) is 6.17. The van der Waals surface area contributed by atoms with Crippen LogP contribution in [0.4, 0.5) is 0 Å². The number of hydrogen-bond donors (Lipinski definition) is 1. The van der Waals surface area contributed by atoms with Crippen LogP contribution in [0.15, 0.2) is 23.1 Å². The third-order valence-corrected chi connectivity index (χ3v) is 2.55. The highest BCUT2D eigenvalue weighted by Gasteiger charge is 2.21. The standard InChI is InChI=1S/C13H18N2O4/c1-9(2)7-15(8-11(16)17)13(19)10-5-4-6-14(3)12(10)18/h4-6,9H,7-8H2,1-3H3,(H,16,17). The number of nitrogens with zero attached hydrogens (tertiary/aromatic N) is 2. The summed E-state index contributed by atoms with van der Waals surface area (Å²) in [6.07, 6.45) is 1.54. The number of carbonyl (C=O) groups excluding carboxylic acids is 1. The minimum absolute atomic E-state index is 0.00750. The quantitative estimate of drug-likeness (QED) is 0.845. The Morgan fingerprint density at radius 1 is 1.42 bits per heavy atom. The van der Waals surface area contributed by atoms with Crippen molar-refractivity contribution in [3.8, 4) is 0 Å². The lowest BCUT2D eigenvalue weighted by atomic mass is 10.1. The van der Waals surface area contributed by atoms with Crippen molar-refractivity contribution in [2.24, 2.45) is 13.0 Å². The van der Waals surface area contributed by atoms with Crippen molar-refractivity contribution in [2.75, 3.05) is 13.1 Å². The van der Waals surface area contributed by atoms with Gasteiger partial charge in [0.15, 0.2) is 0 Å². The lowest BCUT2D eigenvalue weighted by Gasteiger charge is -2.22. The molecule has 1 rings (SSSR count). The van der Waals surface area contributed by atoms with Crippen LogP contribution in [0.1, 0.15) is 24.2 Å². The highest BCUT2D eigenvalue weighted by Crippen LogP contribution is 2.04. The zero-order valence-electron chi connectivity index (χ0n) is 11.3. The van der Waals surface area contributed by atoms with Crippen molar-refractivity contribution in [3.05, 3.63) is 34.2 Å². The molecule has 0 saturated heterocycles. The first kappa shape index (κ1) is 14.9. The van der Waals surface area contributed by atoms with Gasteiger partial charge >= 0.3 is 5.97 Å². The summed E-state index contributed by atoms with van der Waals surface area (Å²) in [5.41, 5.74) is -0.432. The Hall–Kier alpha value is -2.11. The minimum Gasteiger partial charge on any atom is -0.480 e. The molecule has 1 N–H and O–H groups in total. The molecule has 0 unspecified atom stereocenters. The van der Waals surface area contributed by atoms with Gasteiger partial charge in [0.2, 0.25) is 0 Å². The fraction of sp³-hybridized carbons (Fsp3) is 0.462. The van der Waals surface area contributed by atoms with E-state index in [1.807, 2.05) is 13.8 Å². The summed E-state index contributed by atoms with van der Waals surface area (Å²) < 4.78 is 1.29. The van der Waals surface area contributed by atoms with Crippen molar-refractivity contribution in [1.29, 1.82) is 0 Å². The van der Waals surface area contributed by atoms with Gasteiger partial charge in [-0.2, -0.15) is 0 Å². The molecule has 0 atom stereocenters. The third-order valence-electron chi connectivity index (χ3n) is 2.55. The van der Waals surface area contributed by atoms with E-state index in [2.05, 4.69) is 0 Å². The van der Waals surface area contributed by atoms with E-state index in [1.165, 1.54) is 15.5 Å². The highest BCUT2D eigenvalue weighted by molar-refractivity contribution is 5.95. The van der Waals surface area contributed by atoms with Crippen LogP contribution in [0.2, 0.25) is 0 Å². The summed E-state index contributed by atoms with van der Waals surface area (Å²) in [6, 6.07) is 3.00. The van der Waals surface area contributed by atoms with Crippen LogP contribution in [0.25, 0.3) is 0 Å². The molecule has 0 aliphatic heterocycles. The van der Waals surface area contributed by atoms with E-state index in [9.17, 15) is 14.4 Å². The number of hydrogen-bond acceptors (Lipinski definition) is 3. The van der Waals surface area contributed by atoms with Crippen molar-refractivity contribution in [3.63, 3.8) is 0 Å². The first-order valence-corrected chi connectivity index (χ1v) is 5.99. The normalized spacial score (nSPS) is 10.5. The Bertz CT molecular complexity index is 534. The van der Waals surface area contributed by atoms with Gasteiger partial charge in [0.05, 0.1) is 0 Å². The maximum Gasteiger partial charge on any atom is 0.323 e. The average molecular weight is 266 g/mol. The number of pyridine rings is 1. The fourth-order valence-corrected chi connectivity index (χ4v) is 1.75. The van der Waals surface area contributed by atoms with E-state index in [0.29, 0.717) is 6.54 Å². The predicted octanol–water partition coefficient (Wildman–Crippen LogP) is 0.568. The molecule has 1 heterocycles. The molecule has 0 bridgehead atoms. The van der Waals surface area contributed by atoms with Gasteiger partial charge in [0, 0.05) is 19.8 Å². The van der Waals surface area contributed by atoms with Gasteiger partial charge in [0.1, 0.15) is 12.1 Å². The molecule has 0 fully saturated rings. The maximum absolute atomic E-state index is 12.2. The monoisotopic (exact) mass is 266 g/mol. The Balaban J connectivity index is 3.08. The zero-order valence-corrected chi connectivity index (χ0v) is 11.3. The summed E-state index contributed by atoms with van der Waals surface area (Å²) in [4.78, 5) is 36.1. The number of carboxylic acids is 1. The number of amides is 1. The molecule has 0 aliphatic carbocycles. The van der Waals surface area contributed by atoms with Crippen LogP contribution >= 0.6 is 0 Å². The summed E-state index contributed by atoms with van der Waals surface area (Å²) >= 11 is 0. The molecule has 6 nitrogen and oxygen atoms in total. The van der Waals surface area contributed by atoms with Crippen LogP contribution in [0, 0.1) is 5.92 Å². The summed E-state index contributed by atoms with van der Waals surface area (Å²) in [5.74, 6) is -1.52. The van der Waals surface area contributed by atoms with Crippen LogP contribution in [0.3, 0.4) is 0 Å². The number of carboxylic acid groups (broad SMARTS) is 1. The minimum atomic E-state index is -1.10. The lowest BCUT2D eigenvalue weighted by Crippen LogP contribution is -2.41. The molecule has 0 saturated carbocycles. The molecule has 0 radical (unpaired) electrons. The van der Waals surface area contributed by atoms with E-state index in [-0.39, 0.29) is 11.5 Å². The van der Waals surface area contributed by atoms with Gasteiger partial charge in [-0.1, -0.05) is 13.8 Å². The number of aryl methyl sites for hydroxylation is 1. The van der Waals surface area contributed by atoms with Gasteiger partial charge in [-0.3, -0.25) is 14.4 Å². The van der Waals surface area contributed by atoms with E-state index in [1.54, 1.807) is 19.3 Å². The molecule has 0 aliphatic rings. The molecule has 0 aromatic carbocycles. The van der Waals surface area contributed by atoms with Crippen LogP contribution < -0.4 is 5.56 Å². The first-order chi connectivity index (χ1) is 8.82. The molecular formula is C13H18N2O4. The molecule has 104 valence electrons. The van der Waals surface area contributed by atoms with Crippen molar-refractivity contribution >= 4 is 11.9 Å². The first-order valence-electron chi connectivity index (χ1n) is 5.99. The molecule has 0 spiro atoms. The smallest absolute Gasteiger partial charge is 0.323 e. The summed E-state index contributed by atoms with van der Waals surface area (Å²) in [6.45, 7) is 3.65. The van der Waals surface area contributed by atoms with Gasteiger partial charge in [-0.25, -0.2) is 0 Å². The Labute approximate surface area is 111 Å². The van der Waals surface area contributed by atoms with Gasteiger partial charge < -0.3 is 14.6 Å². The summed E-state index contributed by atoms with van der Waals surface area (Å²) in [7, 11) is 1.54. The second-order valence-electron chi connectivity index (χ2n) is 4.81. The Morgan fingerprint density at radius 3 is 2.58 bits per heavy atom. The van der Waals surface area contributed by atoms with Crippen LogP contribution in [-0.4, -0.2) is 39.5 Å². The molecule has 1 aromatic heterocycles. The Morgan fingerprint density at radius 2 is 2.05 bits per heavy atom. The van der Waals surface area contributed by atoms with Gasteiger partial charge in [-0.05, 0) is 18.1 Å². The van der Waals surface area contributed by atoms with Crippen molar-refractivity contribution in [2.45, 2.75) is 13.8 Å². The fourth-order valence-electron chi connectivity index (χ4n) is 1.75. The SMILES string of the molecule is CC(C)CN(CC(=O)O)C(=O)c1cccn(C)c1=O. The van der Waals surface area contributed by atoms with E-state index in [4.69, 9.17) is 5.11 Å².